The van der Waals surface area contributed by atoms with Crippen LogP contribution in [-0.2, 0) is 54.3 Å². The topological polar surface area (TPSA) is 339 Å². The highest BCUT2D eigenvalue weighted by Crippen LogP contribution is 2.44. The van der Waals surface area contributed by atoms with Crippen molar-refractivity contribution in [1.82, 2.24) is 51.9 Å². The molecule has 0 radical (unpaired) electrons. The first-order valence-electron chi connectivity index (χ1n) is 33.9. The van der Waals surface area contributed by atoms with Gasteiger partial charge in [0.2, 0.25) is 41.4 Å². The van der Waals surface area contributed by atoms with Gasteiger partial charge in [0.25, 0.3) is 0 Å². The van der Waals surface area contributed by atoms with Crippen molar-refractivity contribution in [2.45, 2.75) is 179 Å². The second-order valence-electron chi connectivity index (χ2n) is 26.1. The molecule has 1 saturated heterocycles. The largest absolute Gasteiger partial charge is 0.449 e. The molecular formula is C72H104N10O15. The van der Waals surface area contributed by atoms with Crippen LogP contribution in [0.2, 0.25) is 0 Å². The molecule has 0 bridgehead atoms. The lowest BCUT2D eigenvalue weighted by molar-refractivity contribution is -0.298. The number of unbranched alkanes of at least 4 members (excludes halogenated alkanes) is 1. The van der Waals surface area contributed by atoms with Crippen molar-refractivity contribution in [3.8, 4) is 11.1 Å². The minimum Gasteiger partial charge on any atom is -0.449 e. The lowest BCUT2D eigenvalue weighted by Crippen LogP contribution is -2.59. The predicted octanol–water partition coefficient (Wildman–Crippen LogP) is 4.73. The number of fused-ring (bicyclic) bond motifs is 3. The monoisotopic (exact) mass is 1350 g/mol. The third kappa shape index (κ3) is 22.3. The molecule has 4 aromatic carbocycles. The molecule has 6 unspecified atom stereocenters. The van der Waals surface area contributed by atoms with Crippen LogP contribution in [0.3, 0.4) is 0 Å². The molecule has 8 amide bonds. The van der Waals surface area contributed by atoms with Crippen LogP contribution in [-0.4, -0.2) is 204 Å². The number of benzene rings is 4. The SMILES string of the molecule is CCCCC(C(CC(O)N1CCC[C@H]1[C@H](OC)[C@@H](C)[C@@H](O)N[C@H](C)[C@@H](O)c1ccccc1)OO)N(C)C(=O)C(NC(=O)C(C(C)C)N(C)C(=O)CCCNC(=O)CNC(=O)C(Cc1ccccc1)NC(=O)CNC(=O)CNC(=O)OCC1c2ccccc2-c2ccccc21)C(C)C. The Morgan fingerprint density at radius 2 is 1.28 bits per heavy atom. The van der Waals surface area contributed by atoms with Crippen molar-refractivity contribution in [2.24, 2.45) is 17.8 Å². The molecule has 25 heteroatoms. The summed E-state index contributed by atoms with van der Waals surface area (Å²) in [5.74, 6) is -5.60. The Hall–Kier alpha value is -7.88. The molecule has 1 aliphatic heterocycles. The van der Waals surface area contributed by atoms with Gasteiger partial charge in [0.1, 0.15) is 49.8 Å². The molecular weight excluding hydrogens is 1240 g/mol. The van der Waals surface area contributed by atoms with Crippen LogP contribution < -0.4 is 37.2 Å². The summed E-state index contributed by atoms with van der Waals surface area (Å²) >= 11 is 0. The fraction of sp³-hybridized carbons (Fsp3) is 0.556. The van der Waals surface area contributed by atoms with Gasteiger partial charge in [-0.05, 0) is 77.8 Å². The number of hydrogen-bond donors (Lipinski definition) is 11. The fourth-order valence-electron chi connectivity index (χ4n) is 13.1. The lowest BCUT2D eigenvalue weighted by Gasteiger charge is -2.41. The Balaban J connectivity index is 0.951. The maximum Gasteiger partial charge on any atom is 0.407 e. The zero-order valence-electron chi connectivity index (χ0n) is 57.8. The molecule has 0 spiro atoms. The van der Waals surface area contributed by atoms with E-state index < -0.39 is 146 Å². The number of amides is 8. The average molecular weight is 1350 g/mol. The van der Waals surface area contributed by atoms with Crippen LogP contribution in [0.4, 0.5) is 4.79 Å². The number of likely N-dealkylation sites (tertiary alicyclic amines) is 1. The number of nitrogens with one attached hydrogen (secondary N) is 7. The number of aliphatic hydroxyl groups is 3. The quantitative estimate of drug-likeness (QED) is 0.0124. The van der Waals surface area contributed by atoms with E-state index in [1.54, 1.807) is 79.1 Å². The summed E-state index contributed by atoms with van der Waals surface area (Å²) in [7, 11) is 4.62. The van der Waals surface area contributed by atoms with Gasteiger partial charge in [-0.2, -0.15) is 0 Å². The molecule has 11 N–H and O–H groups in total. The second kappa shape index (κ2) is 38.9. The molecule has 6 rings (SSSR count). The summed E-state index contributed by atoms with van der Waals surface area (Å²) in [6.45, 7) is 11.8. The molecule has 97 heavy (non-hydrogen) atoms. The summed E-state index contributed by atoms with van der Waals surface area (Å²) in [5.41, 5.74) is 5.61. The third-order valence-corrected chi connectivity index (χ3v) is 18.5. The molecule has 12 atom stereocenters. The fourth-order valence-corrected chi connectivity index (χ4v) is 13.1. The van der Waals surface area contributed by atoms with Gasteiger partial charge in [0, 0.05) is 77.5 Å². The number of carbonyl (C=O) groups is 8. The van der Waals surface area contributed by atoms with Crippen LogP contribution in [0.5, 0.6) is 0 Å². The number of methoxy groups -OCH3 is 1. The molecule has 0 aromatic heterocycles. The van der Waals surface area contributed by atoms with Crippen molar-refractivity contribution in [3.63, 3.8) is 0 Å². The summed E-state index contributed by atoms with van der Waals surface area (Å²) in [5, 5.41) is 63.7. The van der Waals surface area contributed by atoms with Gasteiger partial charge >= 0.3 is 6.09 Å². The van der Waals surface area contributed by atoms with E-state index in [2.05, 4.69) is 37.2 Å². The standard InChI is InChI=1S/C72H104N10O15/c1-11-12-33-56(58(97-94)39-63(87)82-37-24-34-57(82)67(95-10)46(6)68(89)77-47(7)66(88)49-27-17-14-18-28-49)80(8)71(92)64(44(2)3)79-70(91)65(45(4)5)81(9)62(86)35-23-36-73-59(83)40-75-69(90)55(38-48-25-15-13-16-26-48)78-61(85)42-74-60(84)41-76-72(93)96-43-54-52-31-21-19-29-50(52)51-30-20-22-32-53(51)54/h13-22,25-32,44-47,54-58,63-68,77,87-89,94H,11-12,23-24,33-43H2,1-10H3,(H,73,83)(H,74,84)(H,75,90)(H,76,93)(H,78,85)(H,79,91)/t46-,47-,55?,56?,57+,58?,63?,64?,65?,66-,67-,68-/m1/s1. The first-order valence-corrected chi connectivity index (χ1v) is 33.9. The van der Waals surface area contributed by atoms with Crippen LogP contribution in [0.15, 0.2) is 109 Å². The van der Waals surface area contributed by atoms with E-state index >= 15 is 0 Å². The summed E-state index contributed by atoms with van der Waals surface area (Å²) in [4.78, 5) is 118. The Morgan fingerprint density at radius 1 is 0.680 bits per heavy atom. The maximum atomic E-state index is 14.7. The summed E-state index contributed by atoms with van der Waals surface area (Å²) in [6.07, 6.45) is -2.41. The van der Waals surface area contributed by atoms with E-state index in [0.29, 0.717) is 43.4 Å². The first kappa shape index (κ1) is 78.1. The number of aliphatic hydroxyl groups excluding tert-OH is 3. The van der Waals surface area contributed by atoms with Gasteiger partial charge in [-0.3, -0.25) is 49.0 Å². The van der Waals surface area contributed by atoms with Gasteiger partial charge in [0.05, 0.1) is 31.3 Å². The zero-order chi connectivity index (χ0) is 70.9. The van der Waals surface area contributed by atoms with E-state index in [-0.39, 0.29) is 50.8 Å². The molecule has 25 nitrogen and oxygen atoms in total. The molecule has 532 valence electrons. The van der Waals surface area contributed by atoms with Crippen molar-refractivity contribution in [2.75, 3.05) is 60.5 Å². The van der Waals surface area contributed by atoms with Crippen LogP contribution in [0, 0.1) is 17.8 Å². The Bertz CT molecular complexity index is 3140. The van der Waals surface area contributed by atoms with Crippen LogP contribution in [0.1, 0.15) is 134 Å². The number of rotatable bonds is 39. The molecule has 1 fully saturated rings. The second-order valence-corrected chi connectivity index (χ2v) is 26.1. The van der Waals surface area contributed by atoms with E-state index in [4.69, 9.17) is 14.4 Å². The lowest BCUT2D eigenvalue weighted by atomic mass is 9.92. The van der Waals surface area contributed by atoms with Crippen molar-refractivity contribution in [3.05, 3.63) is 131 Å². The van der Waals surface area contributed by atoms with Crippen molar-refractivity contribution >= 4 is 47.4 Å². The van der Waals surface area contributed by atoms with E-state index in [1.165, 1.54) is 16.8 Å². The normalized spacial score (nSPS) is 17.1. The number of alkyl carbamates (subject to hydrolysis) is 1. The molecule has 1 heterocycles. The summed E-state index contributed by atoms with van der Waals surface area (Å²) in [6, 6.07) is 28.9. The minimum absolute atomic E-state index is 0.0347. The molecule has 4 aromatic rings. The molecule has 2 aliphatic rings. The van der Waals surface area contributed by atoms with Crippen molar-refractivity contribution < 1.29 is 73.3 Å². The van der Waals surface area contributed by atoms with Gasteiger partial charge < -0.3 is 66.5 Å². The van der Waals surface area contributed by atoms with E-state index in [0.717, 1.165) is 28.7 Å². The highest BCUT2D eigenvalue weighted by Gasteiger charge is 2.44. The van der Waals surface area contributed by atoms with Gasteiger partial charge in [0.15, 0.2) is 0 Å². The maximum absolute atomic E-state index is 14.7. The Morgan fingerprint density at radius 3 is 1.89 bits per heavy atom. The Labute approximate surface area is 570 Å². The number of nitrogens with zero attached hydrogens (tertiary/aromatic N) is 3. The minimum atomic E-state index is -1.16. The Kier molecular flexibility index (Phi) is 31.3. The van der Waals surface area contributed by atoms with E-state index in [9.17, 15) is 58.9 Å². The van der Waals surface area contributed by atoms with Gasteiger partial charge in [-0.25, -0.2) is 9.68 Å². The summed E-state index contributed by atoms with van der Waals surface area (Å²) < 4.78 is 11.5. The van der Waals surface area contributed by atoms with Crippen LogP contribution >= 0.6 is 0 Å². The molecule has 0 saturated carbocycles. The zero-order valence-corrected chi connectivity index (χ0v) is 57.8. The first-order chi connectivity index (χ1) is 46.4. The number of likely N-dealkylation sites (N-methyl/N-ethyl adjacent to an activating group) is 2. The van der Waals surface area contributed by atoms with Gasteiger partial charge in [-0.15, -0.1) is 0 Å². The third-order valence-electron chi connectivity index (χ3n) is 18.5. The highest BCUT2D eigenvalue weighted by atomic mass is 17.1. The van der Waals surface area contributed by atoms with Crippen LogP contribution in [0.25, 0.3) is 11.1 Å². The smallest absolute Gasteiger partial charge is 0.407 e. The predicted molar refractivity (Wildman–Crippen MR) is 365 cm³/mol. The average Bonchev–Trinajstić information content (AvgIpc) is 1.63. The molecule has 1 aliphatic carbocycles. The van der Waals surface area contributed by atoms with Gasteiger partial charge in [-0.1, -0.05) is 164 Å². The number of ether oxygens (including phenoxy) is 2. The number of carbonyl (C=O) groups excluding carboxylic acids is 8. The highest BCUT2D eigenvalue weighted by molar-refractivity contribution is 5.94. The number of hydrogen-bond acceptors (Lipinski definition) is 17. The van der Waals surface area contributed by atoms with E-state index in [1.807, 2.05) is 97.6 Å². The van der Waals surface area contributed by atoms with Crippen molar-refractivity contribution in [1.29, 1.82) is 0 Å².